The zero-order valence-corrected chi connectivity index (χ0v) is 30.4. The first-order chi connectivity index (χ1) is 24.8. The lowest BCUT2D eigenvalue weighted by molar-refractivity contribution is -0.132. The average Bonchev–Trinajstić information content (AvgIpc) is 3.39. The van der Waals surface area contributed by atoms with Crippen LogP contribution in [0.2, 0.25) is 0 Å². The number of aliphatic imine (C=N–C) groups is 1. The van der Waals surface area contributed by atoms with E-state index in [0.717, 1.165) is 28.6 Å². The molecule has 0 radical (unpaired) electrons. The van der Waals surface area contributed by atoms with E-state index < -0.39 is 52.9 Å². The zero-order chi connectivity index (χ0) is 38.2. The van der Waals surface area contributed by atoms with Crippen molar-refractivity contribution >= 4 is 64.3 Å². The van der Waals surface area contributed by atoms with Gasteiger partial charge in [-0.3, -0.25) is 33.8 Å². The molecule has 15 nitrogen and oxygen atoms in total. The molecule has 280 valence electrons. The second-order valence-corrected chi connectivity index (χ2v) is 13.4. The minimum Gasteiger partial charge on any atom is -0.370 e. The van der Waals surface area contributed by atoms with Gasteiger partial charge in [-0.1, -0.05) is 49.6 Å². The molecule has 6 amide bonds. The fraction of sp³-hybridized carbons (Fsp3) is 0.417. The monoisotopic (exact) mass is 735 g/mol. The minimum atomic E-state index is -1.08. The lowest BCUT2D eigenvalue weighted by Crippen LogP contribution is -2.56. The van der Waals surface area contributed by atoms with Crippen molar-refractivity contribution in [2.75, 3.05) is 18.0 Å². The van der Waals surface area contributed by atoms with Crippen LogP contribution in [0.4, 0.5) is 10.5 Å². The number of carbonyl (C=O) groups is 6. The van der Waals surface area contributed by atoms with Crippen LogP contribution in [0, 0.1) is 6.92 Å². The summed E-state index contributed by atoms with van der Waals surface area (Å²) in [5.41, 5.74) is 24.3. The fourth-order valence-electron chi connectivity index (χ4n) is 5.28. The molecule has 1 aliphatic rings. The number of anilines is 1. The summed E-state index contributed by atoms with van der Waals surface area (Å²) in [5, 5.41) is 7.73. The lowest BCUT2D eigenvalue weighted by atomic mass is 10.0. The summed E-state index contributed by atoms with van der Waals surface area (Å²) in [5.74, 6) is -2.98. The third kappa shape index (κ3) is 12.5. The highest BCUT2D eigenvalue weighted by Crippen LogP contribution is 2.35. The molecule has 2 aromatic carbocycles. The predicted octanol–water partition coefficient (Wildman–Crippen LogP) is 2.16. The highest BCUT2D eigenvalue weighted by molar-refractivity contribution is 8.19. The van der Waals surface area contributed by atoms with Crippen LogP contribution < -0.4 is 43.8 Å². The molecule has 2 aromatic rings. The first-order valence-corrected chi connectivity index (χ1v) is 18.1. The van der Waals surface area contributed by atoms with Crippen molar-refractivity contribution in [2.24, 2.45) is 27.9 Å². The summed E-state index contributed by atoms with van der Waals surface area (Å²) in [7, 11) is 0. The summed E-state index contributed by atoms with van der Waals surface area (Å²) < 4.78 is 0. The van der Waals surface area contributed by atoms with Gasteiger partial charge in [0.15, 0.2) is 5.96 Å². The average molecular weight is 736 g/mol. The normalized spacial score (nSPS) is 15.1. The van der Waals surface area contributed by atoms with Gasteiger partial charge < -0.3 is 38.9 Å². The summed E-state index contributed by atoms with van der Waals surface area (Å²) >= 11 is 0.822. The highest BCUT2D eigenvalue weighted by atomic mass is 32.2. The van der Waals surface area contributed by atoms with Crippen LogP contribution >= 0.6 is 11.8 Å². The van der Waals surface area contributed by atoms with Crippen LogP contribution in [0.1, 0.15) is 79.8 Å². The maximum Gasteiger partial charge on any atom is 0.298 e. The number of thioether (sulfide) groups is 1. The van der Waals surface area contributed by atoms with Gasteiger partial charge in [-0.05, 0) is 99.7 Å². The van der Waals surface area contributed by atoms with Gasteiger partial charge in [0.1, 0.15) is 18.1 Å². The molecule has 0 aromatic heterocycles. The van der Waals surface area contributed by atoms with Crippen LogP contribution in [0.3, 0.4) is 0 Å². The fourth-order valence-corrected chi connectivity index (χ4v) is 6.12. The standard InChI is InChI=1S/C36H49N9O6S/c1-3-4-8-26(30(38)46)42-32(48)27(9-5-6-19-37)44-33(49)28(10-7-20-41-35(39)40)43-31(47)24-15-13-23(14-16-24)21-29-34(50)45(36(51)52-29)25-17-11-22(2)12-18-25/h11-18,21,26-28H,3-10,19-20,37H2,1-2H3,(H2,38,46)(H,42,48)(H,43,47)(H,44,49)(H4,39,40,41)/b29-21-/t26-,27-,28-/m0/s1. The van der Waals surface area contributed by atoms with E-state index in [1.165, 1.54) is 12.1 Å². The zero-order valence-electron chi connectivity index (χ0n) is 29.6. The van der Waals surface area contributed by atoms with Crippen molar-refractivity contribution in [3.63, 3.8) is 0 Å². The molecule has 1 saturated heterocycles. The van der Waals surface area contributed by atoms with E-state index in [0.29, 0.717) is 49.9 Å². The van der Waals surface area contributed by atoms with Crippen molar-refractivity contribution in [1.82, 2.24) is 16.0 Å². The Hall–Kier alpha value is -5.22. The number of guanidine groups is 1. The molecule has 3 rings (SSSR count). The van der Waals surface area contributed by atoms with Gasteiger partial charge in [-0.15, -0.1) is 0 Å². The van der Waals surface area contributed by atoms with Crippen molar-refractivity contribution in [2.45, 2.75) is 83.3 Å². The number of imide groups is 1. The molecule has 0 unspecified atom stereocenters. The van der Waals surface area contributed by atoms with E-state index in [2.05, 4.69) is 20.9 Å². The van der Waals surface area contributed by atoms with Crippen molar-refractivity contribution in [1.29, 1.82) is 0 Å². The van der Waals surface area contributed by atoms with Crippen LogP contribution in [-0.4, -0.2) is 71.9 Å². The molecule has 11 N–H and O–H groups in total. The third-order valence-electron chi connectivity index (χ3n) is 8.21. The largest absolute Gasteiger partial charge is 0.370 e. The van der Waals surface area contributed by atoms with E-state index >= 15 is 0 Å². The summed E-state index contributed by atoms with van der Waals surface area (Å²) in [4.78, 5) is 83.4. The Kier molecular flexibility index (Phi) is 16.3. The highest BCUT2D eigenvalue weighted by Gasteiger charge is 2.36. The number of nitrogens with two attached hydrogens (primary N) is 4. The number of benzene rings is 2. The summed E-state index contributed by atoms with van der Waals surface area (Å²) in [6.07, 6.45) is 5.24. The second kappa shape index (κ2) is 20.6. The number of amides is 6. The SMILES string of the molecule is CCCC[C@H](NC(=O)[C@H](CCCCN)NC(=O)[C@H](CCCN=C(N)N)NC(=O)c1ccc(/C=C2\SC(=O)N(c3ccc(C)cc3)C2=O)cc1)C(N)=O. The number of hydrogen-bond donors (Lipinski definition) is 7. The van der Waals surface area contributed by atoms with Gasteiger partial charge in [0, 0.05) is 12.1 Å². The number of unbranched alkanes of at least 4 members (excludes halogenated alkanes) is 2. The van der Waals surface area contributed by atoms with Crippen molar-refractivity contribution < 1.29 is 28.8 Å². The Morgan fingerprint density at radius 1 is 0.808 bits per heavy atom. The minimum absolute atomic E-state index is 0.117. The first-order valence-electron chi connectivity index (χ1n) is 17.3. The van der Waals surface area contributed by atoms with E-state index in [9.17, 15) is 28.8 Å². The molecule has 52 heavy (non-hydrogen) atoms. The maximum atomic E-state index is 13.6. The van der Waals surface area contributed by atoms with E-state index in [1.54, 1.807) is 30.3 Å². The molecule has 1 fully saturated rings. The molecular formula is C36H49N9O6S. The molecule has 0 spiro atoms. The number of primary amides is 1. The molecule has 3 atom stereocenters. The molecule has 0 aliphatic carbocycles. The number of carbonyl (C=O) groups excluding carboxylic acids is 6. The topological polar surface area (TPSA) is 258 Å². The number of rotatable bonds is 20. The lowest BCUT2D eigenvalue weighted by Gasteiger charge is -2.25. The van der Waals surface area contributed by atoms with Gasteiger partial charge in [0.25, 0.3) is 17.1 Å². The summed E-state index contributed by atoms with van der Waals surface area (Å²) in [6, 6.07) is 10.4. The van der Waals surface area contributed by atoms with Gasteiger partial charge in [-0.25, -0.2) is 4.90 Å². The maximum absolute atomic E-state index is 13.6. The van der Waals surface area contributed by atoms with Crippen LogP contribution in [0.25, 0.3) is 6.08 Å². The quantitative estimate of drug-likeness (QED) is 0.0451. The van der Waals surface area contributed by atoms with E-state index in [-0.39, 0.29) is 35.8 Å². The number of aryl methyl sites for hydroxylation is 1. The Bertz CT molecular complexity index is 1640. The van der Waals surface area contributed by atoms with Gasteiger partial charge in [0.2, 0.25) is 17.7 Å². The van der Waals surface area contributed by atoms with Gasteiger partial charge in [-0.2, -0.15) is 0 Å². The van der Waals surface area contributed by atoms with Gasteiger partial charge in [0.05, 0.1) is 10.6 Å². The van der Waals surface area contributed by atoms with Crippen LogP contribution in [0.15, 0.2) is 58.4 Å². The number of nitrogens with one attached hydrogen (secondary N) is 3. The van der Waals surface area contributed by atoms with Crippen LogP contribution in [-0.2, 0) is 19.2 Å². The van der Waals surface area contributed by atoms with Crippen molar-refractivity contribution in [3.05, 3.63) is 70.1 Å². The van der Waals surface area contributed by atoms with Crippen molar-refractivity contribution in [3.8, 4) is 0 Å². The first kappa shape index (κ1) is 41.2. The summed E-state index contributed by atoms with van der Waals surface area (Å²) in [6.45, 7) is 4.45. The Labute approximate surface area is 307 Å². The van der Waals surface area contributed by atoms with Gasteiger partial charge >= 0.3 is 0 Å². The Morgan fingerprint density at radius 2 is 1.40 bits per heavy atom. The second-order valence-electron chi connectivity index (χ2n) is 12.4. The Morgan fingerprint density at radius 3 is 2.00 bits per heavy atom. The van der Waals surface area contributed by atoms with E-state index in [1.807, 2.05) is 26.0 Å². The molecule has 1 aliphatic heterocycles. The smallest absolute Gasteiger partial charge is 0.298 e. The number of hydrogen-bond acceptors (Lipinski definition) is 9. The molecule has 0 bridgehead atoms. The Balaban J connectivity index is 1.75. The molecular weight excluding hydrogens is 687 g/mol. The third-order valence-corrected chi connectivity index (χ3v) is 9.08. The van der Waals surface area contributed by atoms with Crippen LogP contribution in [0.5, 0.6) is 0 Å². The van der Waals surface area contributed by atoms with E-state index in [4.69, 9.17) is 22.9 Å². The number of nitrogens with zero attached hydrogens (tertiary/aromatic N) is 2. The molecule has 1 heterocycles. The molecule has 16 heteroatoms. The molecule has 0 saturated carbocycles. The predicted molar refractivity (Wildman–Crippen MR) is 203 cm³/mol.